The van der Waals surface area contributed by atoms with Crippen LogP contribution < -0.4 is 5.56 Å². The molecule has 0 aliphatic heterocycles. The predicted molar refractivity (Wildman–Crippen MR) is 54.9 cm³/mol. The molecule has 0 saturated carbocycles. The molecule has 1 aromatic rings. The van der Waals surface area contributed by atoms with E-state index >= 15 is 0 Å². The van der Waals surface area contributed by atoms with E-state index < -0.39 is 0 Å². The zero-order valence-corrected chi connectivity index (χ0v) is 8.55. The van der Waals surface area contributed by atoms with Crippen molar-refractivity contribution in [1.82, 2.24) is 9.47 Å². The lowest BCUT2D eigenvalue weighted by Crippen LogP contribution is -2.35. The molecule has 1 unspecified atom stereocenters. The summed E-state index contributed by atoms with van der Waals surface area (Å²) >= 11 is 0. The quantitative estimate of drug-likeness (QED) is 0.719. The molecule has 0 saturated heterocycles. The molecule has 1 aromatic heterocycles. The SMILES string of the molecule is CCC(N(C)CO)n1ccccc1=O. The topological polar surface area (TPSA) is 45.5 Å². The molecule has 0 fully saturated rings. The van der Waals surface area contributed by atoms with Crippen LogP contribution in [0.4, 0.5) is 0 Å². The van der Waals surface area contributed by atoms with Crippen LogP contribution in [-0.4, -0.2) is 28.4 Å². The van der Waals surface area contributed by atoms with Gasteiger partial charge in [0.05, 0.1) is 12.9 Å². The second kappa shape index (κ2) is 4.93. The molecule has 1 atom stereocenters. The number of nitrogens with zero attached hydrogens (tertiary/aromatic N) is 2. The van der Waals surface area contributed by atoms with Gasteiger partial charge in [-0.05, 0) is 19.5 Å². The van der Waals surface area contributed by atoms with Gasteiger partial charge in [0.25, 0.3) is 5.56 Å². The summed E-state index contributed by atoms with van der Waals surface area (Å²) < 4.78 is 1.62. The Hall–Kier alpha value is -1.13. The Morgan fingerprint density at radius 3 is 2.79 bits per heavy atom. The van der Waals surface area contributed by atoms with Crippen molar-refractivity contribution < 1.29 is 5.11 Å². The Kier molecular flexibility index (Phi) is 3.85. The van der Waals surface area contributed by atoms with Crippen LogP contribution in [0, 0.1) is 0 Å². The van der Waals surface area contributed by atoms with E-state index in [1.807, 2.05) is 13.0 Å². The molecule has 1 N–H and O–H groups in total. The number of rotatable bonds is 4. The standard InChI is InChI=1S/C10H16N2O2/c1-3-9(11(2)8-13)12-7-5-4-6-10(12)14/h4-7,9,13H,3,8H2,1-2H3. The molecular weight excluding hydrogens is 180 g/mol. The van der Waals surface area contributed by atoms with Crippen LogP contribution in [0.5, 0.6) is 0 Å². The summed E-state index contributed by atoms with van der Waals surface area (Å²) in [6.45, 7) is 1.93. The van der Waals surface area contributed by atoms with Crippen molar-refractivity contribution in [3.8, 4) is 0 Å². The molecule has 0 aliphatic carbocycles. The smallest absolute Gasteiger partial charge is 0.251 e. The highest BCUT2D eigenvalue weighted by molar-refractivity contribution is 4.94. The highest BCUT2D eigenvalue weighted by Gasteiger charge is 2.13. The third-order valence-corrected chi connectivity index (χ3v) is 2.27. The third-order valence-electron chi connectivity index (χ3n) is 2.27. The second-order valence-electron chi connectivity index (χ2n) is 3.23. The van der Waals surface area contributed by atoms with Crippen molar-refractivity contribution in [1.29, 1.82) is 0 Å². The van der Waals surface area contributed by atoms with Crippen molar-refractivity contribution >= 4 is 0 Å². The van der Waals surface area contributed by atoms with E-state index in [2.05, 4.69) is 0 Å². The Bertz CT molecular complexity index is 335. The summed E-state index contributed by atoms with van der Waals surface area (Å²) in [4.78, 5) is 13.2. The Labute approximate surface area is 83.4 Å². The van der Waals surface area contributed by atoms with Crippen molar-refractivity contribution in [2.75, 3.05) is 13.8 Å². The fourth-order valence-electron chi connectivity index (χ4n) is 1.50. The van der Waals surface area contributed by atoms with Gasteiger partial charge in [0, 0.05) is 12.3 Å². The van der Waals surface area contributed by atoms with Crippen molar-refractivity contribution in [2.45, 2.75) is 19.5 Å². The van der Waals surface area contributed by atoms with Crippen LogP contribution in [0.2, 0.25) is 0 Å². The molecule has 0 amide bonds. The van der Waals surface area contributed by atoms with E-state index in [0.717, 1.165) is 6.42 Å². The van der Waals surface area contributed by atoms with Gasteiger partial charge in [-0.3, -0.25) is 14.3 Å². The van der Waals surface area contributed by atoms with Crippen LogP contribution in [0.15, 0.2) is 29.2 Å². The predicted octanol–water partition coefficient (Wildman–Crippen LogP) is 0.639. The third kappa shape index (κ3) is 2.21. The number of aliphatic hydroxyl groups is 1. The summed E-state index contributed by atoms with van der Waals surface area (Å²) in [6, 6.07) is 5.05. The van der Waals surface area contributed by atoms with E-state index in [-0.39, 0.29) is 18.5 Å². The maximum absolute atomic E-state index is 11.5. The largest absolute Gasteiger partial charge is 0.381 e. The lowest BCUT2D eigenvalue weighted by Gasteiger charge is -2.26. The molecule has 1 heterocycles. The lowest BCUT2D eigenvalue weighted by molar-refractivity contribution is 0.0572. The van der Waals surface area contributed by atoms with Crippen molar-refractivity contribution in [2.24, 2.45) is 0 Å². The average molecular weight is 196 g/mol. The molecular formula is C10H16N2O2. The van der Waals surface area contributed by atoms with Crippen LogP contribution in [0.1, 0.15) is 19.5 Å². The monoisotopic (exact) mass is 196 g/mol. The molecule has 14 heavy (non-hydrogen) atoms. The number of hydrogen-bond acceptors (Lipinski definition) is 3. The van der Waals surface area contributed by atoms with Crippen molar-refractivity contribution in [3.05, 3.63) is 34.7 Å². The number of aliphatic hydroxyl groups excluding tert-OH is 1. The van der Waals surface area contributed by atoms with E-state index in [1.54, 1.807) is 28.8 Å². The summed E-state index contributed by atoms with van der Waals surface area (Å²) in [5, 5.41) is 9.00. The van der Waals surface area contributed by atoms with Crippen LogP contribution in [0.25, 0.3) is 0 Å². The van der Waals surface area contributed by atoms with Crippen LogP contribution in [-0.2, 0) is 0 Å². The molecule has 0 spiro atoms. The average Bonchev–Trinajstić information content (AvgIpc) is 2.21. The van der Waals surface area contributed by atoms with Crippen LogP contribution in [0.3, 0.4) is 0 Å². The zero-order valence-electron chi connectivity index (χ0n) is 8.55. The number of aromatic nitrogens is 1. The first-order valence-corrected chi connectivity index (χ1v) is 4.69. The minimum Gasteiger partial charge on any atom is -0.381 e. The first kappa shape index (κ1) is 10.9. The molecule has 0 radical (unpaired) electrons. The highest BCUT2D eigenvalue weighted by atomic mass is 16.3. The highest BCUT2D eigenvalue weighted by Crippen LogP contribution is 2.11. The van der Waals surface area contributed by atoms with Gasteiger partial charge in [-0.1, -0.05) is 13.0 Å². The minimum atomic E-state index is -0.0753. The van der Waals surface area contributed by atoms with Gasteiger partial charge in [-0.25, -0.2) is 0 Å². The van der Waals surface area contributed by atoms with E-state index in [4.69, 9.17) is 5.11 Å². The van der Waals surface area contributed by atoms with Gasteiger partial charge >= 0.3 is 0 Å². The minimum absolute atomic E-state index is 0.0420. The lowest BCUT2D eigenvalue weighted by atomic mass is 10.3. The van der Waals surface area contributed by atoms with Gasteiger partial charge in [0.2, 0.25) is 0 Å². The summed E-state index contributed by atoms with van der Waals surface area (Å²) in [5.74, 6) is 0. The number of pyridine rings is 1. The van der Waals surface area contributed by atoms with Crippen molar-refractivity contribution in [3.63, 3.8) is 0 Å². The maximum atomic E-state index is 11.5. The first-order chi connectivity index (χ1) is 6.70. The molecule has 0 bridgehead atoms. The normalized spacial score (nSPS) is 13.1. The Morgan fingerprint density at radius 2 is 2.29 bits per heavy atom. The van der Waals surface area contributed by atoms with Gasteiger partial charge in [0.15, 0.2) is 0 Å². The van der Waals surface area contributed by atoms with Gasteiger partial charge in [-0.15, -0.1) is 0 Å². The summed E-state index contributed by atoms with van der Waals surface area (Å²) in [5.41, 5.74) is -0.0420. The molecule has 4 heteroatoms. The fraction of sp³-hybridized carbons (Fsp3) is 0.500. The summed E-state index contributed by atoms with van der Waals surface area (Å²) in [7, 11) is 1.79. The second-order valence-corrected chi connectivity index (χ2v) is 3.23. The van der Waals surface area contributed by atoms with Gasteiger partial charge in [0.1, 0.15) is 0 Å². The molecule has 1 rings (SSSR count). The summed E-state index contributed by atoms with van der Waals surface area (Å²) in [6.07, 6.45) is 2.44. The Morgan fingerprint density at radius 1 is 1.57 bits per heavy atom. The molecule has 0 aliphatic rings. The van der Waals surface area contributed by atoms with Gasteiger partial charge < -0.3 is 5.11 Å². The van der Waals surface area contributed by atoms with Gasteiger partial charge in [-0.2, -0.15) is 0 Å². The van der Waals surface area contributed by atoms with E-state index in [1.165, 1.54) is 6.07 Å². The molecule has 0 aromatic carbocycles. The fourth-order valence-corrected chi connectivity index (χ4v) is 1.50. The molecule has 4 nitrogen and oxygen atoms in total. The first-order valence-electron chi connectivity index (χ1n) is 4.69. The number of hydrogen-bond donors (Lipinski definition) is 1. The zero-order chi connectivity index (χ0) is 10.6. The molecule has 78 valence electrons. The van der Waals surface area contributed by atoms with E-state index in [0.29, 0.717) is 0 Å². The Balaban J connectivity index is 3.01. The van der Waals surface area contributed by atoms with Crippen LogP contribution >= 0.6 is 0 Å². The van der Waals surface area contributed by atoms with E-state index in [9.17, 15) is 4.79 Å². The maximum Gasteiger partial charge on any atom is 0.251 e.